The largest absolute Gasteiger partial charge is 0.458 e. The van der Waals surface area contributed by atoms with E-state index in [1.807, 2.05) is 0 Å². The fourth-order valence-corrected chi connectivity index (χ4v) is 5.43. The average Bonchev–Trinajstić information content (AvgIpc) is 3.33. The van der Waals surface area contributed by atoms with Crippen molar-refractivity contribution in [2.24, 2.45) is 0 Å². The number of nitrogens with one attached hydrogen (secondary N) is 1. The fourth-order valence-electron chi connectivity index (χ4n) is 5.43. The van der Waals surface area contributed by atoms with Crippen molar-refractivity contribution in [2.75, 3.05) is 0 Å². The summed E-state index contributed by atoms with van der Waals surface area (Å²) >= 11 is 0. The summed E-state index contributed by atoms with van der Waals surface area (Å²) in [5, 5.41) is 25.2. The number of pyridine rings is 2. The highest BCUT2D eigenvalue weighted by Crippen LogP contribution is 2.40. The summed E-state index contributed by atoms with van der Waals surface area (Å²) in [5.74, 6) is -1.25. The molecule has 13 heteroatoms. The van der Waals surface area contributed by atoms with Gasteiger partial charge in [-0.2, -0.15) is 0 Å². The van der Waals surface area contributed by atoms with Crippen molar-refractivity contribution in [3.05, 3.63) is 96.6 Å². The Hall–Kier alpha value is -5.17. The van der Waals surface area contributed by atoms with E-state index >= 15 is 0 Å². The molecule has 0 unspecified atom stereocenters. The van der Waals surface area contributed by atoms with Crippen molar-refractivity contribution in [3.63, 3.8) is 0 Å². The standard InChI is InChI=1S/C29H23FN4O8/c1-3-29(38)21-9-24-25-19(12-33(24)26(35)20(21)13-41-27(29)36)18(17-8-14(2)22(30)10-23(17)32-25)11-31-28(37)42-16-6-4-15(5-7-16)34(39)40/h4-10,38H,3,11-13H2,1-2H3,(H,31,37)/t29-/m0/s1. The number of benzene rings is 2. The van der Waals surface area contributed by atoms with Crippen molar-refractivity contribution in [1.82, 2.24) is 14.9 Å². The van der Waals surface area contributed by atoms with Crippen LogP contribution in [0.2, 0.25) is 0 Å². The minimum absolute atomic E-state index is 0.0176. The second kappa shape index (κ2) is 9.73. The lowest BCUT2D eigenvalue weighted by Crippen LogP contribution is -2.44. The summed E-state index contributed by atoms with van der Waals surface area (Å²) in [7, 11) is 0. The molecule has 4 heterocycles. The van der Waals surface area contributed by atoms with Crippen LogP contribution in [0.15, 0.2) is 47.3 Å². The molecule has 0 fully saturated rings. The zero-order chi connectivity index (χ0) is 29.9. The van der Waals surface area contributed by atoms with Gasteiger partial charge in [0.05, 0.1) is 33.9 Å². The number of cyclic esters (lactones) is 1. The number of carbonyl (C=O) groups excluding carboxylic acids is 2. The number of nitro groups is 1. The Kier molecular flexibility index (Phi) is 6.26. The predicted octanol–water partition coefficient (Wildman–Crippen LogP) is 3.72. The number of nitrogens with zero attached hydrogens (tertiary/aromatic N) is 3. The van der Waals surface area contributed by atoms with E-state index in [0.29, 0.717) is 33.5 Å². The van der Waals surface area contributed by atoms with Crippen LogP contribution in [0.1, 0.15) is 41.2 Å². The molecule has 0 saturated carbocycles. The molecular weight excluding hydrogens is 551 g/mol. The molecule has 0 aliphatic carbocycles. The predicted molar refractivity (Wildman–Crippen MR) is 145 cm³/mol. The smallest absolute Gasteiger partial charge is 0.412 e. The average molecular weight is 575 g/mol. The lowest BCUT2D eigenvalue weighted by Gasteiger charge is -2.31. The highest BCUT2D eigenvalue weighted by atomic mass is 19.1. The first-order valence-electron chi connectivity index (χ1n) is 13.0. The van der Waals surface area contributed by atoms with Crippen LogP contribution in [0.3, 0.4) is 0 Å². The number of hydrogen-bond acceptors (Lipinski definition) is 9. The molecule has 4 aromatic rings. The number of nitro benzene ring substituents is 1. The highest BCUT2D eigenvalue weighted by molar-refractivity contribution is 5.90. The van der Waals surface area contributed by atoms with E-state index < -0.39 is 34.0 Å². The molecule has 42 heavy (non-hydrogen) atoms. The Morgan fingerprint density at radius 2 is 1.98 bits per heavy atom. The van der Waals surface area contributed by atoms with Crippen molar-refractivity contribution in [2.45, 2.75) is 45.6 Å². The third-order valence-corrected chi connectivity index (χ3v) is 7.75. The molecule has 0 saturated heterocycles. The maximum absolute atomic E-state index is 14.6. The molecule has 214 valence electrons. The molecule has 2 aromatic heterocycles. The SMILES string of the molecule is CC[C@@]1(O)C(=O)OCc2c1cc1n(c2=O)Cc2c-1nc1cc(F)c(C)cc1c2CNC(=O)Oc1ccc([N+](=O)[O-])cc1. The number of aromatic nitrogens is 2. The van der Waals surface area contributed by atoms with Gasteiger partial charge in [0.1, 0.15) is 18.2 Å². The summed E-state index contributed by atoms with van der Waals surface area (Å²) in [6, 6.07) is 9.42. The monoisotopic (exact) mass is 574 g/mol. The molecule has 2 aliphatic rings. The van der Waals surface area contributed by atoms with Gasteiger partial charge >= 0.3 is 12.1 Å². The zero-order valence-electron chi connectivity index (χ0n) is 22.4. The maximum Gasteiger partial charge on any atom is 0.412 e. The van der Waals surface area contributed by atoms with Crippen LogP contribution in [0.25, 0.3) is 22.3 Å². The number of aliphatic hydroxyl groups is 1. The first-order chi connectivity index (χ1) is 20.0. The van der Waals surface area contributed by atoms with Crippen molar-refractivity contribution < 1.29 is 33.5 Å². The molecule has 2 aliphatic heterocycles. The summed E-state index contributed by atoms with van der Waals surface area (Å²) < 4.78 is 26.5. The summed E-state index contributed by atoms with van der Waals surface area (Å²) in [6.45, 7) is 2.91. The summed E-state index contributed by atoms with van der Waals surface area (Å²) in [4.78, 5) is 53.7. The van der Waals surface area contributed by atoms with Crippen LogP contribution in [0, 0.1) is 22.9 Å². The van der Waals surface area contributed by atoms with Crippen LogP contribution in [-0.4, -0.2) is 31.6 Å². The molecule has 2 aromatic carbocycles. The van der Waals surface area contributed by atoms with E-state index in [2.05, 4.69) is 10.3 Å². The third kappa shape index (κ3) is 4.16. The number of rotatable bonds is 5. The van der Waals surface area contributed by atoms with Crippen molar-refractivity contribution >= 4 is 28.7 Å². The Labute approximate surface area is 236 Å². The van der Waals surface area contributed by atoms with E-state index in [1.165, 1.54) is 34.9 Å². The van der Waals surface area contributed by atoms with Crippen LogP contribution >= 0.6 is 0 Å². The van der Waals surface area contributed by atoms with E-state index in [9.17, 15) is 34.0 Å². The van der Waals surface area contributed by atoms with Gasteiger partial charge < -0.3 is 24.5 Å². The first kappa shape index (κ1) is 27.0. The minimum atomic E-state index is -2.00. The number of ether oxygens (including phenoxy) is 2. The number of carbonyl (C=O) groups is 2. The third-order valence-electron chi connectivity index (χ3n) is 7.75. The highest BCUT2D eigenvalue weighted by Gasteiger charge is 2.45. The van der Waals surface area contributed by atoms with Gasteiger partial charge in [0.25, 0.3) is 11.2 Å². The Balaban J connectivity index is 1.42. The quantitative estimate of drug-likeness (QED) is 0.181. The van der Waals surface area contributed by atoms with Gasteiger partial charge in [-0.1, -0.05) is 6.92 Å². The van der Waals surface area contributed by atoms with E-state index in [1.54, 1.807) is 26.0 Å². The fraction of sp³-hybridized carbons (Fsp3) is 0.241. The van der Waals surface area contributed by atoms with Crippen LogP contribution in [0.4, 0.5) is 14.9 Å². The lowest BCUT2D eigenvalue weighted by molar-refractivity contribution is -0.384. The van der Waals surface area contributed by atoms with Crippen LogP contribution in [-0.2, 0) is 34.8 Å². The second-order valence-electron chi connectivity index (χ2n) is 10.1. The Morgan fingerprint density at radius 3 is 2.67 bits per heavy atom. The van der Waals surface area contributed by atoms with Crippen molar-refractivity contribution in [1.29, 1.82) is 0 Å². The zero-order valence-corrected chi connectivity index (χ0v) is 22.4. The lowest BCUT2D eigenvalue weighted by atomic mass is 9.86. The summed E-state index contributed by atoms with van der Waals surface area (Å²) in [6.07, 6.45) is -0.857. The van der Waals surface area contributed by atoms with E-state index in [-0.39, 0.29) is 54.2 Å². The molecule has 12 nitrogen and oxygen atoms in total. The topological polar surface area (TPSA) is 163 Å². The first-order valence-corrected chi connectivity index (χ1v) is 13.0. The van der Waals surface area contributed by atoms with Gasteiger partial charge in [0, 0.05) is 41.3 Å². The van der Waals surface area contributed by atoms with Crippen LogP contribution in [0.5, 0.6) is 5.75 Å². The second-order valence-corrected chi connectivity index (χ2v) is 10.1. The number of hydrogen-bond donors (Lipinski definition) is 2. The molecule has 0 spiro atoms. The van der Waals surface area contributed by atoms with E-state index in [4.69, 9.17) is 9.47 Å². The number of amides is 1. The molecule has 0 radical (unpaired) electrons. The van der Waals surface area contributed by atoms with Gasteiger partial charge in [-0.15, -0.1) is 0 Å². The molecule has 0 bridgehead atoms. The molecular formula is C29H23FN4O8. The normalized spacial score (nSPS) is 16.8. The van der Waals surface area contributed by atoms with Gasteiger partial charge in [0.2, 0.25) is 0 Å². The number of non-ortho nitro benzene ring substituents is 1. The molecule has 1 amide bonds. The number of fused-ring (bicyclic) bond motifs is 5. The Bertz CT molecular complexity index is 1900. The van der Waals surface area contributed by atoms with Gasteiger partial charge in [-0.25, -0.2) is 19.0 Å². The number of aryl methyl sites for hydroxylation is 1. The molecule has 6 rings (SSSR count). The summed E-state index contributed by atoms with van der Waals surface area (Å²) in [5.41, 5.74) is 0.174. The maximum atomic E-state index is 14.6. The number of halogens is 1. The van der Waals surface area contributed by atoms with Gasteiger partial charge in [-0.05, 0) is 48.7 Å². The van der Waals surface area contributed by atoms with Crippen molar-refractivity contribution in [3.8, 4) is 17.1 Å². The molecule has 2 N–H and O–H groups in total. The van der Waals surface area contributed by atoms with Gasteiger partial charge in [0.15, 0.2) is 5.60 Å². The van der Waals surface area contributed by atoms with Gasteiger partial charge in [-0.3, -0.25) is 14.9 Å². The number of esters is 1. The molecule has 1 atom stereocenters. The van der Waals surface area contributed by atoms with Crippen LogP contribution < -0.4 is 15.6 Å². The van der Waals surface area contributed by atoms with E-state index in [0.717, 1.165) is 0 Å². The Morgan fingerprint density at radius 1 is 1.24 bits per heavy atom. The minimum Gasteiger partial charge on any atom is -0.458 e.